The molecule has 2 aromatic rings. The van der Waals surface area contributed by atoms with Crippen molar-refractivity contribution in [3.8, 4) is 16.9 Å². The van der Waals surface area contributed by atoms with E-state index in [1.165, 1.54) is 22.3 Å². The van der Waals surface area contributed by atoms with Gasteiger partial charge in [-0.1, -0.05) is 18.2 Å². The summed E-state index contributed by atoms with van der Waals surface area (Å²) in [4.78, 5) is 4.37. The summed E-state index contributed by atoms with van der Waals surface area (Å²) in [6.07, 6.45) is 3.02. The summed E-state index contributed by atoms with van der Waals surface area (Å²) in [6, 6.07) is 8.64. The van der Waals surface area contributed by atoms with Crippen molar-refractivity contribution in [1.29, 1.82) is 0 Å². The standard InChI is InChI=1S/C18H22N2O/c1-12-10-20-13(2)9-17(12)16-6-4-5-15-14(11-19-3)7-8-21-18(15)16/h4-6,9-10,14,19H,7-8,11H2,1-3H3/t14-/m0/s1. The number of rotatable bonds is 3. The number of fused-ring (bicyclic) bond motifs is 1. The van der Waals surface area contributed by atoms with Crippen LogP contribution >= 0.6 is 0 Å². The second kappa shape index (κ2) is 5.86. The van der Waals surface area contributed by atoms with Crippen LogP contribution in [-0.4, -0.2) is 25.2 Å². The van der Waals surface area contributed by atoms with Crippen molar-refractivity contribution in [2.45, 2.75) is 26.2 Å². The summed E-state index contributed by atoms with van der Waals surface area (Å²) >= 11 is 0. The van der Waals surface area contributed by atoms with Crippen LogP contribution < -0.4 is 10.1 Å². The topological polar surface area (TPSA) is 34.1 Å². The van der Waals surface area contributed by atoms with Gasteiger partial charge >= 0.3 is 0 Å². The summed E-state index contributed by atoms with van der Waals surface area (Å²) in [6.45, 7) is 5.92. The van der Waals surface area contributed by atoms with Crippen LogP contribution in [0, 0.1) is 13.8 Å². The Morgan fingerprint density at radius 3 is 2.95 bits per heavy atom. The molecule has 1 N–H and O–H groups in total. The molecule has 1 aromatic heterocycles. The van der Waals surface area contributed by atoms with Crippen LogP contribution in [0.2, 0.25) is 0 Å². The third-order valence-electron chi connectivity index (χ3n) is 4.18. The summed E-state index contributed by atoms with van der Waals surface area (Å²) in [5.41, 5.74) is 5.96. The Morgan fingerprint density at radius 2 is 2.14 bits per heavy atom. The van der Waals surface area contributed by atoms with Gasteiger partial charge in [0.1, 0.15) is 5.75 Å². The molecule has 21 heavy (non-hydrogen) atoms. The number of hydrogen-bond donors (Lipinski definition) is 1. The lowest BCUT2D eigenvalue weighted by atomic mass is 9.89. The van der Waals surface area contributed by atoms with E-state index in [0.717, 1.165) is 31.0 Å². The predicted octanol–water partition coefficient (Wildman–Crippen LogP) is 3.45. The molecule has 0 radical (unpaired) electrons. The van der Waals surface area contributed by atoms with Gasteiger partial charge in [-0.05, 0) is 50.1 Å². The summed E-state index contributed by atoms with van der Waals surface area (Å²) in [7, 11) is 2.01. The minimum absolute atomic E-state index is 0.530. The molecule has 1 aliphatic rings. The van der Waals surface area contributed by atoms with Gasteiger partial charge in [0.05, 0.1) is 6.61 Å². The molecule has 1 aliphatic heterocycles. The van der Waals surface area contributed by atoms with Crippen molar-refractivity contribution >= 4 is 0 Å². The minimum atomic E-state index is 0.530. The van der Waals surface area contributed by atoms with Gasteiger partial charge in [-0.15, -0.1) is 0 Å². The highest BCUT2D eigenvalue weighted by Gasteiger charge is 2.24. The summed E-state index contributed by atoms with van der Waals surface area (Å²) < 4.78 is 6.03. The van der Waals surface area contributed by atoms with Gasteiger partial charge < -0.3 is 10.1 Å². The third-order valence-corrected chi connectivity index (χ3v) is 4.18. The first-order valence-corrected chi connectivity index (χ1v) is 7.54. The highest BCUT2D eigenvalue weighted by atomic mass is 16.5. The monoisotopic (exact) mass is 282 g/mol. The molecule has 1 atom stereocenters. The smallest absolute Gasteiger partial charge is 0.130 e. The maximum atomic E-state index is 6.03. The zero-order valence-corrected chi connectivity index (χ0v) is 12.9. The molecule has 1 aromatic carbocycles. The lowest BCUT2D eigenvalue weighted by Gasteiger charge is -2.28. The van der Waals surface area contributed by atoms with Crippen molar-refractivity contribution < 1.29 is 4.74 Å². The number of benzene rings is 1. The second-order valence-electron chi connectivity index (χ2n) is 5.76. The molecule has 0 bridgehead atoms. The molecule has 3 heteroatoms. The second-order valence-corrected chi connectivity index (χ2v) is 5.76. The Bertz CT molecular complexity index is 652. The van der Waals surface area contributed by atoms with Gasteiger partial charge in [0.2, 0.25) is 0 Å². The maximum absolute atomic E-state index is 6.03. The van der Waals surface area contributed by atoms with Gasteiger partial charge in [-0.25, -0.2) is 0 Å². The van der Waals surface area contributed by atoms with E-state index in [9.17, 15) is 0 Å². The first-order chi connectivity index (χ1) is 10.2. The van der Waals surface area contributed by atoms with Crippen molar-refractivity contribution in [3.63, 3.8) is 0 Å². The number of pyridine rings is 1. The SMILES string of the molecule is CNC[C@@H]1CCOc2c(-c3cc(C)ncc3C)cccc21. The Morgan fingerprint density at radius 1 is 1.29 bits per heavy atom. The van der Waals surface area contributed by atoms with Crippen molar-refractivity contribution in [3.05, 3.63) is 47.3 Å². The molecule has 2 heterocycles. The van der Waals surface area contributed by atoms with Gasteiger partial charge in [-0.2, -0.15) is 0 Å². The van der Waals surface area contributed by atoms with Gasteiger partial charge in [-0.3, -0.25) is 4.98 Å². The molecule has 0 fully saturated rings. The van der Waals surface area contributed by atoms with Crippen molar-refractivity contribution in [2.24, 2.45) is 0 Å². The fourth-order valence-electron chi connectivity index (χ4n) is 3.09. The quantitative estimate of drug-likeness (QED) is 0.936. The van der Waals surface area contributed by atoms with E-state index >= 15 is 0 Å². The normalized spacial score (nSPS) is 17.2. The van der Waals surface area contributed by atoms with E-state index in [1.54, 1.807) is 0 Å². The molecular formula is C18H22N2O. The molecule has 0 saturated carbocycles. The highest BCUT2D eigenvalue weighted by molar-refractivity contribution is 5.75. The fraction of sp³-hybridized carbons (Fsp3) is 0.389. The summed E-state index contributed by atoms with van der Waals surface area (Å²) in [5.74, 6) is 1.58. The van der Waals surface area contributed by atoms with Crippen LogP contribution in [0.15, 0.2) is 30.5 Å². The lowest BCUT2D eigenvalue weighted by molar-refractivity contribution is 0.267. The Balaban J connectivity index is 2.12. The molecule has 3 nitrogen and oxygen atoms in total. The molecule has 0 aliphatic carbocycles. The molecule has 3 rings (SSSR count). The summed E-state index contributed by atoms with van der Waals surface area (Å²) in [5, 5.41) is 3.29. The Kier molecular flexibility index (Phi) is 3.93. The van der Waals surface area contributed by atoms with E-state index < -0.39 is 0 Å². The van der Waals surface area contributed by atoms with Crippen LogP contribution in [0.1, 0.15) is 29.2 Å². The lowest BCUT2D eigenvalue weighted by Crippen LogP contribution is -2.23. The van der Waals surface area contributed by atoms with Gasteiger partial charge in [0.25, 0.3) is 0 Å². The Labute approximate surface area is 126 Å². The third kappa shape index (κ3) is 2.66. The number of nitrogens with one attached hydrogen (secondary N) is 1. The number of para-hydroxylation sites is 1. The average molecular weight is 282 g/mol. The van der Waals surface area contributed by atoms with E-state index in [4.69, 9.17) is 4.74 Å². The number of aromatic nitrogens is 1. The number of nitrogens with zero attached hydrogens (tertiary/aromatic N) is 1. The van der Waals surface area contributed by atoms with Crippen LogP contribution in [0.4, 0.5) is 0 Å². The average Bonchev–Trinajstić information content (AvgIpc) is 2.50. The fourth-order valence-corrected chi connectivity index (χ4v) is 3.09. The number of likely N-dealkylation sites (N-methyl/N-ethyl adjacent to an activating group) is 1. The molecule has 0 spiro atoms. The first kappa shape index (κ1) is 14.1. The number of ether oxygens (including phenoxy) is 1. The highest BCUT2D eigenvalue weighted by Crippen LogP contribution is 2.41. The van der Waals surface area contributed by atoms with Crippen molar-refractivity contribution in [1.82, 2.24) is 10.3 Å². The van der Waals surface area contributed by atoms with Crippen LogP contribution in [-0.2, 0) is 0 Å². The molecule has 0 amide bonds. The van der Waals surface area contributed by atoms with Gasteiger partial charge in [0.15, 0.2) is 0 Å². The molecular weight excluding hydrogens is 260 g/mol. The van der Waals surface area contributed by atoms with E-state index in [1.807, 2.05) is 20.2 Å². The van der Waals surface area contributed by atoms with Crippen LogP contribution in [0.25, 0.3) is 11.1 Å². The first-order valence-electron chi connectivity index (χ1n) is 7.54. The number of aryl methyl sites for hydroxylation is 2. The zero-order chi connectivity index (χ0) is 14.8. The van der Waals surface area contributed by atoms with Crippen molar-refractivity contribution in [2.75, 3.05) is 20.2 Å². The number of hydrogen-bond acceptors (Lipinski definition) is 3. The van der Waals surface area contributed by atoms with Gasteiger partial charge in [0, 0.05) is 29.9 Å². The largest absolute Gasteiger partial charge is 0.493 e. The maximum Gasteiger partial charge on any atom is 0.130 e. The van der Waals surface area contributed by atoms with Crippen LogP contribution in [0.3, 0.4) is 0 Å². The van der Waals surface area contributed by atoms with E-state index in [2.05, 4.69) is 41.5 Å². The minimum Gasteiger partial charge on any atom is -0.493 e. The van der Waals surface area contributed by atoms with E-state index in [-0.39, 0.29) is 0 Å². The zero-order valence-electron chi connectivity index (χ0n) is 12.9. The Hall–Kier alpha value is -1.87. The van der Waals surface area contributed by atoms with Crippen LogP contribution in [0.5, 0.6) is 5.75 Å². The molecule has 0 unspecified atom stereocenters. The predicted molar refractivity (Wildman–Crippen MR) is 85.9 cm³/mol. The van der Waals surface area contributed by atoms with E-state index in [0.29, 0.717) is 5.92 Å². The molecule has 110 valence electrons. The molecule has 0 saturated heterocycles.